The Morgan fingerprint density at radius 2 is 2.20 bits per heavy atom. The maximum absolute atomic E-state index is 11.0. The van der Waals surface area contributed by atoms with Gasteiger partial charge in [-0.05, 0) is 37.9 Å². The van der Waals surface area contributed by atoms with Crippen molar-refractivity contribution in [3.63, 3.8) is 0 Å². The molecule has 1 N–H and O–H groups in total. The molecule has 1 unspecified atom stereocenters. The second-order valence-corrected chi connectivity index (χ2v) is 5.31. The minimum atomic E-state index is -0.707. The lowest BCUT2D eigenvalue weighted by Gasteiger charge is -2.21. The Hall–Kier alpha value is -1.49. The number of aliphatic carboxylic acids is 1. The van der Waals surface area contributed by atoms with Gasteiger partial charge in [0, 0.05) is 24.9 Å². The van der Waals surface area contributed by atoms with Gasteiger partial charge in [0.05, 0.1) is 5.92 Å². The normalized spacial score (nSPS) is 18.1. The number of aromatic nitrogens is 2. The molecule has 0 saturated heterocycles. The van der Waals surface area contributed by atoms with Gasteiger partial charge in [0.15, 0.2) is 0 Å². The highest BCUT2D eigenvalue weighted by molar-refractivity contribution is 5.70. The summed E-state index contributed by atoms with van der Waals surface area (Å²) in [6, 6.07) is 0. The number of rotatable bonds is 6. The van der Waals surface area contributed by atoms with Crippen molar-refractivity contribution in [2.75, 3.05) is 19.6 Å². The summed E-state index contributed by atoms with van der Waals surface area (Å²) in [5.74, 6) is -0.0988. The first-order valence-electron chi connectivity index (χ1n) is 7.42. The van der Waals surface area contributed by atoms with Gasteiger partial charge in [0.25, 0.3) is 0 Å². The fraction of sp³-hybridized carbons (Fsp3) is 0.667. The molecule has 1 aromatic rings. The van der Waals surface area contributed by atoms with Gasteiger partial charge in [0.2, 0.25) is 0 Å². The SMILES string of the molecule is CCN(CC)CCc1ncc2c(n1)CCC(C(=O)O)C2. The number of carboxylic acid groups (broad SMARTS) is 1. The van der Waals surface area contributed by atoms with E-state index in [2.05, 4.69) is 28.7 Å². The lowest BCUT2D eigenvalue weighted by Crippen LogP contribution is -2.27. The summed E-state index contributed by atoms with van der Waals surface area (Å²) < 4.78 is 0. The summed E-state index contributed by atoms with van der Waals surface area (Å²) in [5.41, 5.74) is 2.06. The summed E-state index contributed by atoms with van der Waals surface area (Å²) in [6.45, 7) is 7.37. The molecule has 110 valence electrons. The van der Waals surface area contributed by atoms with Crippen LogP contribution < -0.4 is 0 Å². The number of hydrogen-bond donors (Lipinski definition) is 1. The summed E-state index contributed by atoms with van der Waals surface area (Å²) in [4.78, 5) is 22.4. The van der Waals surface area contributed by atoms with Crippen molar-refractivity contribution >= 4 is 5.97 Å². The van der Waals surface area contributed by atoms with E-state index >= 15 is 0 Å². The highest BCUT2D eigenvalue weighted by Crippen LogP contribution is 2.23. The molecule has 0 aromatic carbocycles. The minimum absolute atomic E-state index is 0.271. The number of aryl methyl sites for hydroxylation is 1. The van der Waals surface area contributed by atoms with E-state index in [1.54, 1.807) is 0 Å². The number of likely N-dealkylation sites (N-methyl/N-ethyl adjacent to an activating group) is 1. The maximum Gasteiger partial charge on any atom is 0.306 e. The van der Waals surface area contributed by atoms with E-state index in [-0.39, 0.29) is 5.92 Å². The molecule has 1 aliphatic rings. The van der Waals surface area contributed by atoms with Crippen molar-refractivity contribution in [3.05, 3.63) is 23.3 Å². The molecule has 0 spiro atoms. The van der Waals surface area contributed by atoms with E-state index in [4.69, 9.17) is 5.11 Å². The van der Waals surface area contributed by atoms with E-state index in [0.29, 0.717) is 12.8 Å². The van der Waals surface area contributed by atoms with Crippen molar-refractivity contribution in [3.8, 4) is 0 Å². The predicted octanol–water partition coefficient (Wildman–Crippen LogP) is 1.55. The monoisotopic (exact) mass is 277 g/mol. The van der Waals surface area contributed by atoms with Crippen LogP contribution in [0, 0.1) is 5.92 Å². The molecular weight excluding hydrogens is 254 g/mol. The van der Waals surface area contributed by atoms with Gasteiger partial charge in [0.1, 0.15) is 5.82 Å². The number of carbonyl (C=O) groups is 1. The van der Waals surface area contributed by atoms with Crippen LogP contribution in [0.25, 0.3) is 0 Å². The van der Waals surface area contributed by atoms with Gasteiger partial charge in [-0.3, -0.25) is 4.79 Å². The smallest absolute Gasteiger partial charge is 0.306 e. The molecular formula is C15H23N3O2. The Morgan fingerprint density at radius 3 is 2.85 bits per heavy atom. The molecule has 1 heterocycles. The van der Waals surface area contributed by atoms with Gasteiger partial charge in [-0.2, -0.15) is 0 Å². The van der Waals surface area contributed by atoms with Crippen LogP contribution in [-0.2, 0) is 24.1 Å². The van der Waals surface area contributed by atoms with Crippen molar-refractivity contribution < 1.29 is 9.90 Å². The lowest BCUT2D eigenvalue weighted by atomic mass is 9.87. The summed E-state index contributed by atoms with van der Waals surface area (Å²) in [5, 5.41) is 9.07. The van der Waals surface area contributed by atoms with Crippen molar-refractivity contribution in [1.82, 2.24) is 14.9 Å². The van der Waals surface area contributed by atoms with Crippen LogP contribution in [-0.4, -0.2) is 45.6 Å². The Bertz CT molecular complexity index is 472. The zero-order valence-electron chi connectivity index (χ0n) is 12.3. The molecule has 0 radical (unpaired) electrons. The van der Waals surface area contributed by atoms with Gasteiger partial charge in [-0.25, -0.2) is 9.97 Å². The van der Waals surface area contributed by atoms with Crippen LogP contribution in [0.15, 0.2) is 6.20 Å². The summed E-state index contributed by atoms with van der Waals surface area (Å²) in [7, 11) is 0. The highest BCUT2D eigenvalue weighted by atomic mass is 16.4. The molecule has 2 rings (SSSR count). The first-order valence-corrected chi connectivity index (χ1v) is 7.42. The lowest BCUT2D eigenvalue weighted by molar-refractivity contribution is -0.142. The average molecular weight is 277 g/mol. The second kappa shape index (κ2) is 6.79. The van der Waals surface area contributed by atoms with Crippen molar-refractivity contribution in [2.24, 2.45) is 5.92 Å². The Morgan fingerprint density at radius 1 is 1.45 bits per heavy atom. The second-order valence-electron chi connectivity index (χ2n) is 5.31. The van der Waals surface area contributed by atoms with Crippen LogP contribution in [0.4, 0.5) is 0 Å². The molecule has 20 heavy (non-hydrogen) atoms. The number of hydrogen-bond acceptors (Lipinski definition) is 4. The van der Waals surface area contributed by atoms with E-state index in [1.807, 2.05) is 6.20 Å². The van der Waals surface area contributed by atoms with Crippen LogP contribution >= 0.6 is 0 Å². The van der Waals surface area contributed by atoms with Gasteiger partial charge in [-0.1, -0.05) is 13.8 Å². The third-order valence-corrected chi connectivity index (χ3v) is 4.10. The first kappa shape index (κ1) is 14.9. The molecule has 0 saturated carbocycles. The van der Waals surface area contributed by atoms with Crippen LogP contribution in [0.2, 0.25) is 0 Å². The van der Waals surface area contributed by atoms with E-state index in [0.717, 1.165) is 49.6 Å². The Labute approximate surface area is 120 Å². The minimum Gasteiger partial charge on any atom is -0.481 e. The van der Waals surface area contributed by atoms with Crippen LogP contribution in [0.1, 0.15) is 37.4 Å². The molecule has 0 aliphatic heterocycles. The quantitative estimate of drug-likeness (QED) is 0.854. The van der Waals surface area contributed by atoms with E-state index < -0.39 is 5.97 Å². The van der Waals surface area contributed by atoms with Crippen LogP contribution in [0.5, 0.6) is 0 Å². The van der Waals surface area contributed by atoms with Crippen LogP contribution in [0.3, 0.4) is 0 Å². The third-order valence-electron chi connectivity index (χ3n) is 4.10. The Kier molecular flexibility index (Phi) is 5.06. The highest BCUT2D eigenvalue weighted by Gasteiger charge is 2.25. The molecule has 0 amide bonds. The third kappa shape index (κ3) is 3.54. The average Bonchev–Trinajstić information content (AvgIpc) is 2.47. The number of carboxylic acids is 1. The van der Waals surface area contributed by atoms with E-state index in [9.17, 15) is 4.79 Å². The Balaban J connectivity index is 2.00. The molecule has 0 bridgehead atoms. The van der Waals surface area contributed by atoms with Crippen molar-refractivity contribution in [1.29, 1.82) is 0 Å². The molecule has 1 aliphatic carbocycles. The zero-order chi connectivity index (χ0) is 14.5. The predicted molar refractivity (Wildman–Crippen MR) is 76.7 cm³/mol. The number of fused-ring (bicyclic) bond motifs is 1. The standard InChI is InChI=1S/C15H23N3O2/c1-3-18(4-2)8-7-14-16-10-12-9-11(15(19)20)5-6-13(12)17-14/h10-11H,3-9H2,1-2H3,(H,19,20). The molecule has 5 nitrogen and oxygen atoms in total. The largest absolute Gasteiger partial charge is 0.481 e. The zero-order valence-corrected chi connectivity index (χ0v) is 12.3. The fourth-order valence-electron chi connectivity index (χ4n) is 2.68. The van der Waals surface area contributed by atoms with Crippen molar-refractivity contribution in [2.45, 2.75) is 39.5 Å². The molecule has 1 atom stereocenters. The first-order chi connectivity index (χ1) is 9.63. The molecule has 5 heteroatoms. The summed E-state index contributed by atoms with van der Waals surface area (Å²) in [6.07, 6.45) is 4.70. The number of nitrogens with zero attached hydrogens (tertiary/aromatic N) is 3. The van der Waals surface area contributed by atoms with Gasteiger partial charge < -0.3 is 10.0 Å². The maximum atomic E-state index is 11.0. The molecule has 0 fully saturated rings. The molecule has 1 aromatic heterocycles. The summed E-state index contributed by atoms with van der Waals surface area (Å²) >= 11 is 0. The van der Waals surface area contributed by atoms with E-state index in [1.165, 1.54) is 0 Å². The topological polar surface area (TPSA) is 66.3 Å². The fourth-order valence-corrected chi connectivity index (χ4v) is 2.68. The van der Waals surface area contributed by atoms with Gasteiger partial charge in [-0.15, -0.1) is 0 Å². The van der Waals surface area contributed by atoms with Gasteiger partial charge >= 0.3 is 5.97 Å².